The van der Waals surface area contributed by atoms with Gasteiger partial charge in [-0.3, -0.25) is 15.1 Å². The number of carboxylic acids is 1. The number of hydrogen-bond donors (Lipinski definition) is 1. The van der Waals surface area contributed by atoms with E-state index in [1.807, 2.05) is 0 Å². The van der Waals surface area contributed by atoms with Gasteiger partial charge in [0.05, 0.1) is 17.3 Å². The number of hydrogen-bond acceptors (Lipinski definition) is 6. The fourth-order valence-corrected chi connectivity index (χ4v) is 2.01. The number of aromatic carboxylic acids is 1. The fraction of sp³-hybridized carbons (Fsp3) is 0.333. The largest absolute Gasteiger partial charge is 0.476 e. The van der Waals surface area contributed by atoms with Crippen LogP contribution in [-0.2, 0) is 12.8 Å². The van der Waals surface area contributed by atoms with Crippen LogP contribution in [0.1, 0.15) is 35.7 Å². The molecule has 1 N–H and O–H groups in total. The summed E-state index contributed by atoms with van der Waals surface area (Å²) in [7, 11) is 0. The first-order valence-corrected chi connectivity index (χ1v) is 6.30. The van der Waals surface area contributed by atoms with Gasteiger partial charge in [-0.05, 0) is 12.8 Å². The van der Waals surface area contributed by atoms with Crippen molar-refractivity contribution in [2.24, 2.45) is 0 Å². The van der Waals surface area contributed by atoms with Crippen molar-refractivity contribution in [2.45, 2.75) is 26.7 Å². The maximum Gasteiger partial charge on any atom is 0.356 e. The summed E-state index contributed by atoms with van der Waals surface area (Å²) in [6, 6.07) is 0. The molecule has 2 heterocycles. The normalized spacial score (nSPS) is 10.6. The number of carboxylic acid groups (broad SMARTS) is 1. The van der Waals surface area contributed by atoms with Crippen molar-refractivity contribution in [1.29, 1.82) is 0 Å². The topological polar surface area (TPSA) is 124 Å². The van der Waals surface area contributed by atoms with E-state index in [0.29, 0.717) is 24.2 Å². The molecule has 0 aliphatic carbocycles. The summed E-state index contributed by atoms with van der Waals surface area (Å²) in [6.45, 7) is 3.52. The molecule has 2 aromatic heterocycles. The molecule has 0 bridgehead atoms. The zero-order valence-electron chi connectivity index (χ0n) is 11.5. The molecular weight excluding hydrogens is 278 g/mol. The standard InChI is InChI=1S/C12H13N5O4/c1-3-7-11(17(20)21)9(4-2)16(15-7)10-6-13-5-8(14-10)12(18)19/h5-6H,3-4H2,1-2H3,(H,18,19). The number of nitrogens with zero attached hydrogens (tertiary/aromatic N) is 5. The Kier molecular flexibility index (Phi) is 3.92. The highest BCUT2D eigenvalue weighted by atomic mass is 16.6. The van der Waals surface area contributed by atoms with Crippen molar-refractivity contribution in [2.75, 3.05) is 0 Å². The maximum absolute atomic E-state index is 11.2. The summed E-state index contributed by atoms with van der Waals surface area (Å²) in [4.78, 5) is 29.4. The second-order valence-electron chi connectivity index (χ2n) is 4.19. The molecular formula is C12H13N5O4. The molecule has 0 aromatic carbocycles. The minimum absolute atomic E-state index is 0.0532. The zero-order chi connectivity index (χ0) is 15.6. The summed E-state index contributed by atoms with van der Waals surface area (Å²) in [5.74, 6) is -1.07. The lowest BCUT2D eigenvalue weighted by Crippen LogP contribution is -2.09. The zero-order valence-corrected chi connectivity index (χ0v) is 11.5. The number of aromatic nitrogens is 4. The summed E-state index contributed by atoms with van der Waals surface area (Å²) in [5, 5.41) is 24.3. The Morgan fingerprint density at radius 2 is 2.10 bits per heavy atom. The number of carbonyl (C=O) groups is 1. The van der Waals surface area contributed by atoms with Gasteiger partial charge >= 0.3 is 11.7 Å². The molecule has 110 valence electrons. The highest BCUT2D eigenvalue weighted by Crippen LogP contribution is 2.26. The molecule has 9 nitrogen and oxygen atoms in total. The monoisotopic (exact) mass is 291 g/mol. The third-order valence-corrected chi connectivity index (χ3v) is 2.93. The van der Waals surface area contributed by atoms with Gasteiger partial charge in [-0.2, -0.15) is 5.10 Å². The van der Waals surface area contributed by atoms with Crippen LogP contribution in [0.2, 0.25) is 0 Å². The van der Waals surface area contributed by atoms with E-state index in [1.165, 1.54) is 10.9 Å². The Balaban J connectivity index is 2.66. The molecule has 0 fully saturated rings. The van der Waals surface area contributed by atoms with Gasteiger partial charge in [0.1, 0.15) is 11.4 Å². The van der Waals surface area contributed by atoms with Crippen molar-refractivity contribution in [3.05, 3.63) is 39.6 Å². The maximum atomic E-state index is 11.2. The van der Waals surface area contributed by atoms with Crippen molar-refractivity contribution in [3.63, 3.8) is 0 Å². The number of aryl methyl sites for hydroxylation is 1. The van der Waals surface area contributed by atoms with Crippen LogP contribution in [0.5, 0.6) is 0 Å². The van der Waals surface area contributed by atoms with E-state index in [4.69, 9.17) is 5.11 Å². The summed E-state index contributed by atoms with van der Waals surface area (Å²) < 4.78 is 1.29. The average Bonchev–Trinajstić information content (AvgIpc) is 2.86. The average molecular weight is 291 g/mol. The molecule has 0 saturated carbocycles. The summed E-state index contributed by atoms with van der Waals surface area (Å²) >= 11 is 0. The second kappa shape index (κ2) is 5.65. The molecule has 9 heteroatoms. The van der Waals surface area contributed by atoms with E-state index >= 15 is 0 Å². The Bertz CT molecular complexity index is 710. The van der Waals surface area contributed by atoms with Crippen molar-refractivity contribution >= 4 is 11.7 Å². The first kappa shape index (κ1) is 14.6. The number of rotatable bonds is 5. The van der Waals surface area contributed by atoms with Gasteiger partial charge in [0.25, 0.3) is 0 Å². The lowest BCUT2D eigenvalue weighted by Gasteiger charge is -2.04. The minimum atomic E-state index is -1.22. The predicted molar refractivity (Wildman–Crippen MR) is 71.5 cm³/mol. The minimum Gasteiger partial charge on any atom is -0.476 e. The third-order valence-electron chi connectivity index (χ3n) is 2.93. The Hall–Kier alpha value is -2.84. The molecule has 0 saturated heterocycles. The van der Waals surface area contributed by atoms with E-state index in [2.05, 4.69) is 15.1 Å². The number of nitro groups is 1. The van der Waals surface area contributed by atoms with E-state index in [1.54, 1.807) is 13.8 Å². The van der Waals surface area contributed by atoms with E-state index < -0.39 is 10.9 Å². The van der Waals surface area contributed by atoms with Crippen LogP contribution in [0.25, 0.3) is 5.82 Å². The van der Waals surface area contributed by atoms with Crippen molar-refractivity contribution < 1.29 is 14.8 Å². The molecule has 0 aliphatic heterocycles. The van der Waals surface area contributed by atoms with Gasteiger partial charge in [-0.15, -0.1) is 0 Å². The van der Waals surface area contributed by atoms with Crippen LogP contribution < -0.4 is 0 Å². The van der Waals surface area contributed by atoms with E-state index in [-0.39, 0.29) is 17.2 Å². The molecule has 2 rings (SSSR count). The van der Waals surface area contributed by atoms with E-state index in [0.717, 1.165) is 6.20 Å². The highest BCUT2D eigenvalue weighted by Gasteiger charge is 2.26. The molecule has 0 spiro atoms. The fourth-order valence-electron chi connectivity index (χ4n) is 2.01. The van der Waals surface area contributed by atoms with Gasteiger partial charge in [-0.1, -0.05) is 13.8 Å². The second-order valence-corrected chi connectivity index (χ2v) is 4.19. The van der Waals surface area contributed by atoms with Crippen molar-refractivity contribution in [1.82, 2.24) is 19.7 Å². The highest BCUT2D eigenvalue weighted by molar-refractivity contribution is 5.85. The molecule has 0 atom stereocenters. The van der Waals surface area contributed by atoms with Crippen LogP contribution in [0.15, 0.2) is 12.4 Å². The van der Waals surface area contributed by atoms with Gasteiger partial charge < -0.3 is 5.11 Å². The van der Waals surface area contributed by atoms with Crippen LogP contribution in [-0.4, -0.2) is 35.7 Å². The predicted octanol–water partition coefficient (Wildman–Crippen LogP) is 1.39. The van der Waals surface area contributed by atoms with Crippen molar-refractivity contribution in [3.8, 4) is 5.82 Å². The lowest BCUT2D eigenvalue weighted by atomic mass is 10.2. The van der Waals surface area contributed by atoms with Crippen LogP contribution in [0.4, 0.5) is 5.69 Å². The molecule has 0 amide bonds. The summed E-state index contributed by atoms with van der Waals surface area (Å²) in [6.07, 6.45) is 3.18. The quantitative estimate of drug-likeness (QED) is 0.651. The molecule has 2 aromatic rings. The van der Waals surface area contributed by atoms with Gasteiger partial charge in [0.2, 0.25) is 0 Å². The Labute approximate surface area is 119 Å². The molecule has 21 heavy (non-hydrogen) atoms. The Morgan fingerprint density at radius 3 is 2.62 bits per heavy atom. The van der Waals surface area contributed by atoms with E-state index in [9.17, 15) is 14.9 Å². The summed E-state index contributed by atoms with van der Waals surface area (Å²) in [5.41, 5.74) is 0.404. The smallest absolute Gasteiger partial charge is 0.356 e. The van der Waals surface area contributed by atoms with Crippen LogP contribution in [0.3, 0.4) is 0 Å². The third kappa shape index (κ3) is 2.57. The lowest BCUT2D eigenvalue weighted by molar-refractivity contribution is -0.386. The van der Waals surface area contributed by atoms with Gasteiger partial charge in [0, 0.05) is 0 Å². The van der Waals surface area contributed by atoms with Gasteiger partial charge in [0.15, 0.2) is 11.5 Å². The molecule has 0 radical (unpaired) electrons. The Morgan fingerprint density at radius 1 is 1.38 bits per heavy atom. The molecule has 0 unspecified atom stereocenters. The van der Waals surface area contributed by atoms with Crippen LogP contribution in [0, 0.1) is 10.1 Å². The van der Waals surface area contributed by atoms with Gasteiger partial charge in [-0.25, -0.2) is 14.5 Å². The first-order valence-electron chi connectivity index (χ1n) is 6.30. The van der Waals surface area contributed by atoms with Crippen LogP contribution >= 0.6 is 0 Å². The SMILES string of the molecule is CCc1nn(-c2cncc(C(=O)O)n2)c(CC)c1[N+](=O)[O-]. The first-order chi connectivity index (χ1) is 9.99. The molecule has 0 aliphatic rings.